The maximum absolute atomic E-state index is 12.2. The Hall–Kier alpha value is -2.67. The van der Waals surface area contributed by atoms with Crippen LogP contribution in [0.1, 0.15) is 28.5 Å². The summed E-state index contributed by atoms with van der Waals surface area (Å²) in [5.41, 5.74) is 3.83. The summed E-state index contributed by atoms with van der Waals surface area (Å²) in [4.78, 5) is 12.2. The van der Waals surface area contributed by atoms with Crippen molar-refractivity contribution in [3.05, 3.63) is 70.0 Å². The predicted molar refractivity (Wildman–Crippen MR) is 101 cm³/mol. The third-order valence-electron chi connectivity index (χ3n) is 3.96. The highest BCUT2D eigenvalue weighted by Crippen LogP contribution is 2.21. The zero-order chi connectivity index (χ0) is 19.5. The number of nitrogens with one attached hydrogen (secondary N) is 1. The molecule has 0 saturated heterocycles. The van der Waals surface area contributed by atoms with Gasteiger partial charge in [-0.05, 0) is 43.5 Å². The lowest BCUT2D eigenvalue weighted by Crippen LogP contribution is -2.41. The van der Waals surface area contributed by atoms with E-state index in [1.165, 1.54) is 18.3 Å². The quantitative estimate of drug-likeness (QED) is 0.642. The van der Waals surface area contributed by atoms with Gasteiger partial charge in [-0.15, -0.1) is 0 Å². The Kier molecular flexibility index (Phi) is 5.82. The number of amides is 1. The van der Waals surface area contributed by atoms with Crippen LogP contribution in [0.15, 0.2) is 48.0 Å². The highest BCUT2D eigenvalue weighted by Gasteiger charge is 2.18. The van der Waals surface area contributed by atoms with Gasteiger partial charge < -0.3 is 10.5 Å². The van der Waals surface area contributed by atoms with Gasteiger partial charge in [0.1, 0.15) is 0 Å². The van der Waals surface area contributed by atoms with Crippen LogP contribution in [0.4, 0.5) is 0 Å². The summed E-state index contributed by atoms with van der Waals surface area (Å²) in [7, 11) is -3.27. The molecule has 6 nitrogen and oxygen atoms in total. The van der Waals surface area contributed by atoms with E-state index in [1.807, 2.05) is 32.0 Å². The van der Waals surface area contributed by atoms with Crippen LogP contribution in [-0.4, -0.2) is 26.6 Å². The molecular formula is C19H22N2O4S. The molecule has 0 unspecified atom stereocenters. The van der Waals surface area contributed by atoms with Crippen LogP contribution in [0.2, 0.25) is 0 Å². The molecular weight excluding hydrogens is 352 g/mol. The molecule has 1 N–H and O–H groups in total. The second kappa shape index (κ2) is 7.70. The number of carbonyl (C=O) groups excluding carboxylic acids is 1. The molecule has 1 aromatic carbocycles. The lowest BCUT2D eigenvalue weighted by atomic mass is 10.0. The molecule has 1 atom stereocenters. The van der Waals surface area contributed by atoms with Crippen LogP contribution < -0.4 is 10.0 Å². The lowest BCUT2D eigenvalue weighted by Gasteiger charge is -2.11. The summed E-state index contributed by atoms with van der Waals surface area (Å²) in [6.45, 7) is 5.63. The van der Waals surface area contributed by atoms with Gasteiger partial charge in [0.05, 0.1) is 0 Å². The minimum Gasteiger partial charge on any atom is -0.618 e. The molecule has 0 fully saturated rings. The Balaban J connectivity index is 2.19. The first kappa shape index (κ1) is 19.7. The van der Waals surface area contributed by atoms with Crippen molar-refractivity contribution in [1.82, 2.24) is 5.32 Å². The number of nitrogens with zero attached hydrogens (tertiary/aromatic N) is 1. The number of carbonyl (C=O) groups is 1. The Morgan fingerprint density at radius 2 is 1.81 bits per heavy atom. The van der Waals surface area contributed by atoms with Gasteiger partial charge in [-0.3, -0.25) is 4.79 Å². The molecule has 1 aromatic heterocycles. The van der Waals surface area contributed by atoms with Crippen molar-refractivity contribution in [2.24, 2.45) is 0 Å². The number of aryl methyl sites for hydroxylation is 2. The van der Waals surface area contributed by atoms with Gasteiger partial charge in [0.2, 0.25) is 0 Å². The first-order valence-electron chi connectivity index (χ1n) is 8.07. The number of aromatic nitrogens is 1. The molecule has 0 saturated carbocycles. The average molecular weight is 374 g/mol. The molecule has 0 spiro atoms. The molecule has 0 radical (unpaired) electrons. The first-order valence-corrected chi connectivity index (χ1v) is 10.0. The molecule has 26 heavy (non-hydrogen) atoms. The van der Waals surface area contributed by atoms with E-state index in [9.17, 15) is 18.4 Å². The largest absolute Gasteiger partial charge is 0.618 e. The molecule has 2 rings (SSSR count). The van der Waals surface area contributed by atoms with E-state index < -0.39 is 21.8 Å². The third kappa shape index (κ3) is 5.16. The third-order valence-corrected chi connectivity index (χ3v) is 4.61. The van der Waals surface area contributed by atoms with Crippen molar-refractivity contribution in [3.8, 4) is 11.1 Å². The molecule has 0 bridgehead atoms. The van der Waals surface area contributed by atoms with Crippen molar-refractivity contribution in [2.45, 2.75) is 26.8 Å². The van der Waals surface area contributed by atoms with E-state index in [2.05, 4.69) is 5.32 Å². The number of benzene rings is 1. The summed E-state index contributed by atoms with van der Waals surface area (Å²) < 4.78 is 22.7. The van der Waals surface area contributed by atoms with E-state index in [0.29, 0.717) is 10.3 Å². The van der Waals surface area contributed by atoms with Crippen LogP contribution in [0, 0.1) is 19.1 Å². The molecule has 138 valence electrons. The molecule has 1 heterocycles. The number of pyridine rings is 1. The van der Waals surface area contributed by atoms with Gasteiger partial charge in [-0.1, -0.05) is 24.3 Å². The highest BCUT2D eigenvalue weighted by molar-refractivity contribution is 7.93. The van der Waals surface area contributed by atoms with E-state index in [1.54, 1.807) is 13.0 Å². The number of hydrogen-bond acceptors (Lipinski definition) is 4. The highest BCUT2D eigenvalue weighted by atomic mass is 32.2. The van der Waals surface area contributed by atoms with Crippen molar-refractivity contribution in [2.75, 3.05) is 6.26 Å². The standard InChI is InChI=1S/C19H22N2O4S/c1-13-5-6-16(11-14(13)2)17-7-8-18(21(23)12-17)19(22)20-15(3)9-10-26(4,24)25/h5-12,15H,1-4H3,(H,20,22)/b10-9-/t15-/m0/s1. The van der Waals surface area contributed by atoms with E-state index in [4.69, 9.17) is 0 Å². The van der Waals surface area contributed by atoms with Crippen LogP contribution >= 0.6 is 0 Å². The second-order valence-electron chi connectivity index (χ2n) is 6.35. The predicted octanol–water partition coefficient (Wildman–Crippen LogP) is 2.28. The Labute approximate surface area is 153 Å². The van der Waals surface area contributed by atoms with E-state index in [0.717, 1.165) is 28.4 Å². The Morgan fingerprint density at radius 3 is 2.38 bits per heavy atom. The lowest BCUT2D eigenvalue weighted by molar-refractivity contribution is -0.607. The zero-order valence-electron chi connectivity index (χ0n) is 15.2. The fourth-order valence-electron chi connectivity index (χ4n) is 2.34. The molecule has 0 aliphatic heterocycles. The molecule has 0 aliphatic carbocycles. The van der Waals surface area contributed by atoms with Crippen LogP contribution in [-0.2, 0) is 9.84 Å². The molecule has 1 amide bonds. The normalized spacial score (nSPS) is 12.9. The Bertz CT molecular complexity index is 965. The average Bonchev–Trinajstić information content (AvgIpc) is 2.54. The number of sulfone groups is 1. The SMILES string of the molecule is Cc1ccc(-c2ccc(C(=O)N[C@@H](C)/C=C\S(C)(=O)=O)[n+]([O-])c2)cc1C. The summed E-state index contributed by atoms with van der Waals surface area (Å²) in [5, 5.41) is 15.8. The number of hydrogen-bond donors (Lipinski definition) is 1. The van der Waals surface area contributed by atoms with Gasteiger partial charge in [-0.2, -0.15) is 4.73 Å². The van der Waals surface area contributed by atoms with E-state index >= 15 is 0 Å². The van der Waals surface area contributed by atoms with Gasteiger partial charge in [-0.25, -0.2) is 8.42 Å². The second-order valence-corrected chi connectivity index (χ2v) is 8.28. The maximum atomic E-state index is 12.2. The van der Waals surface area contributed by atoms with Gasteiger partial charge in [0, 0.05) is 29.3 Å². The summed E-state index contributed by atoms with van der Waals surface area (Å²) in [6.07, 6.45) is 3.77. The van der Waals surface area contributed by atoms with Gasteiger partial charge >= 0.3 is 5.91 Å². The maximum Gasteiger partial charge on any atom is 0.317 e. The summed E-state index contributed by atoms with van der Waals surface area (Å²) >= 11 is 0. The smallest absolute Gasteiger partial charge is 0.317 e. The first-order chi connectivity index (χ1) is 12.1. The molecule has 7 heteroatoms. The van der Waals surface area contributed by atoms with Crippen LogP contribution in [0.25, 0.3) is 11.1 Å². The number of rotatable bonds is 5. The van der Waals surface area contributed by atoms with Gasteiger partial charge in [0.25, 0.3) is 5.69 Å². The van der Waals surface area contributed by atoms with Crippen LogP contribution in [0.3, 0.4) is 0 Å². The minimum absolute atomic E-state index is 0.0582. The minimum atomic E-state index is -3.27. The fourth-order valence-corrected chi connectivity index (χ4v) is 2.86. The van der Waals surface area contributed by atoms with Gasteiger partial charge in [0.15, 0.2) is 16.0 Å². The molecule has 2 aromatic rings. The molecule has 0 aliphatic rings. The van der Waals surface area contributed by atoms with Crippen molar-refractivity contribution in [3.63, 3.8) is 0 Å². The van der Waals surface area contributed by atoms with Crippen molar-refractivity contribution < 1.29 is 17.9 Å². The Morgan fingerprint density at radius 1 is 1.15 bits per heavy atom. The van der Waals surface area contributed by atoms with Crippen molar-refractivity contribution >= 4 is 15.7 Å². The monoisotopic (exact) mass is 374 g/mol. The topological polar surface area (TPSA) is 90.2 Å². The van der Waals surface area contributed by atoms with Crippen molar-refractivity contribution in [1.29, 1.82) is 0 Å². The van der Waals surface area contributed by atoms with E-state index in [-0.39, 0.29) is 5.69 Å². The summed E-state index contributed by atoms with van der Waals surface area (Å²) in [6, 6.07) is 8.54. The summed E-state index contributed by atoms with van der Waals surface area (Å²) in [5.74, 6) is -0.572. The fraction of sp³-hybridized carbons (Fsp3) is 0.263. The van der Waals surface area contributed by atoms with Crippen LogP contribution in [0.5, 0.6) is 0 Å². The zero-order valence-corrected chi connectivity index (χ0v) is 16.0.